The van der Waals surface area contributed by atoms with E-state index in [1.165, 1.54) is 10.9 Å². The normalized spacial score (nSPS) is 14.9. The largest absolute Gasteiger partial charge is 1.00 e. The lowest BCUT2D eigenvalue weighted by molar-refractivity contribution is -0.921. The Hall–Kier alpha value is -3.61. The fraction of sp³-hybridized carbons (Fsp3) is 0.250. The number of hydrogen-bond acceptors (Lipinski definition) is 7. The first-order valence-corrected chi connectivity index (χ1v) is 18.5. The molecule has 51 heavy (non-hydrogen) atoms. The lowest BCUT2D eigenvalue weighted by Crippen LogP contribution is -3.12. The minimum absolute atomic E-state index is 0. The van der Waals surface area contributed by atoms with Crippen LogP contribution in [0.15, 0.2) is 118 Å². The van der Waals surface area contributed by atoms with Crippen LogP contribution in [-0.2, 0) is 22.6 Å². The predicted octanol–water partition coefficient (Wildman–Crippen LogP) is 3.76. The fourth-order valence-corrected chi connectivity index (χ4v) is 6.85. The molecule has 0 saturated carbocycles. The molecule has 0 amide bonds. The minimum Gasteiger partial charge on any atom is -1.00 e. The average molecular weight is 835 g/mol. The molecular formula is C40H43Br2ClN6O2. The number of nitrogens with two attached hydrogens (primary N) is 2. The molecule has 0 atom stereocenters. The van der Waals surface area contributed by atoms with E-state index in [0.717, 1.165) is 119 Å². The Balaban J connectivity index is 0.000000159. The molecule has 0 spiro atoms. The molecule has 0 bridgehead atoms. The summed E-state index contributed by atoms with van der Waals surface area (Å²) in [6, 6.07) is 32.7. The van der Waals surface area contributed by atoms with Crippen LogP contribution in [0.5, 0.6) is 0 Å². The van der Waals surface area contributed by atoms with Crippen molar-refractivity contribution in [3.8, 4) is 11.1 Å². The molecule has 0 unspecified atom stereocenters. The molecule has 2 saturated heterocycles. The molecule has 2 aromatic heterocycles. The molecular weight excluding hydrogens is 792 g/mol. The smallest absolute Gasteiger partial charge is 0.120 e. The third-order valence-corrected chi connectivity index (χ3v) is 10.1. The number of halogens is 3. The summed E-state index contributed by atoms with van der Waals surface area (Å²) in [6.07, 6.45) is 3.82. The van der Waals surface area contributed by atoms with E-state index in [1.807, 2.05) is 60.9 Å². The first kappa shape index (κ1) is 38.6. The van der Waals surface area contributed by atoms with Crippen LogP contribution in [0.4, 0.5) is 11.4 Å². The first-order valence-electron chi connectivity index (χ1n) is 16.9. The second kappa shape index (κ2) is 19.3. The van der Waals surface area contributed by atoms with Gasteiger partial charge in [-0.2, -0.15) is 0 Å². The van der Waals surface area contributed by atoms with Crippen molar-refractivity contribution in [2.45, 2.75) is 13.1 Å². The molecule has 5 N–H and O–H groups in total. The third kappa shape index (κ3) is 10.7. The van der Waals surface area contributed by atoms with Gasteiger partial charge in [0.05, 0.1) is 37.8 Å². The van der Waals surface area contributed by atoms with Gasteiger partial charge in [0.25, 0.3) is 0 Å². The summed E-state index contributed by atoms with van der Waals surface area (Å²) >= 11 is 6.85. The molecule has 266 valence electrons. The fourth-order valence-electron chi connectivity index (χ4n) is 6.14. The topological polar surface area (TPSA) is 104 Å². The van der Waals surface area contributed by atoms with Crippen molar-refractivity contribution in [3.63, 3.8) is 0 Å². The van der Waals surface area contributed by atoms with Gasteiger partial charge in [-0.1, -0.05) is 76.6 Å². The monoisotopic (exact) mass is 832 g/mol. The lowest BCUT2D eigenvalue weighted by Gasteiger charge is -2.26. The summed E-state index contributed by atoms with van der Waals surface area (Å²) in [6.45, 7) is 9.43. The van der Waals surface area contributed by atoms with Gasteiger partial charge in [-0.05, 0) is 68.7 Å². The maximum Gasteiger partial charge on any atom is 0.120 e. The van der Waals surface area contributed by atoms with Crippen LogP contribution in [0.25, 0.3) is 32.7 Å². The highest BCUT2D eigenvalue weighted by atomic mass is 79.9. The number of hydrogen-bond donors (Lipinski definition) is 3. The highest BCUT2D eigenvalue weighted by Crippen LogP contribution is 2.31. The van der Waals surface area contributed by atoms with Crippen molar-refractivity contribution in [2.75, 3.05) is 64.1 Å². The molecule has 2 aliphatic rings. The second-order valence-corrected chi connectivity index (χ2v) is 14.1. The number of fused-ring (bicyclic) bond motifs is 2. The number of aromatic nitrogens is 2. The van der Waals surface area contributed by atoms with Crippen molar-refractivity contribution in [2.24, 2.45) is 0 Å². The van der Waals surface area contributed by atoms with Gasteiger partial charge < -0.3 is 38.2 Å². The highest BCUT2D eigenvalue weighted by molar-refractivity contribution is 9.11. The van der Waals surface area contributed by atoms with Crippen LogP contribution in [0.1, 0.15) is 11.4 Å². The summed E-state index contributed by atoms with van der Waals surface area (Å²) < 4.78 is 12.8. The summed E-state index contributed by atoms with van der Waals surface area (Å²) in [5.41, 5.74) is 18.1. The number of ether oxygens (including phenoxy) is 2. The van der Waals surface area contributed by atoms with Crippen molar-refractivity contribution >= 4 is 64.8 Å². The number of pyridine rings is 2. The summed E-state index contributed by atoms with van der Waals surface area (Å²) in [7, 11) is 0. The zero-order chi connectivity index (χ0) is 34.7. The van der Waals surface area contributed by atoms with Gasteiger partial charge in [-0.25, -0.2) is 0 Å². The average Bonchev–Trinajstić information content (AvgIpc) is 3.16. The van der Waals surface area contributed by atoms with Crippen LogP contribution < -0.4 is 28.8 Å². The molecule has 4 heterocycles. The van der Waals surface area contributed by atoms with Gasteiger partial charge in [-0.15, -0.1) is 0 Å². The maximum atomic E-state index is 6.10. The van der Waals surface area contributed by atoms with E-state index in [2.05, 4.69) is 95.3 Å². The molecule has 2 fully saturated rings. The van der Waals surface area contributed by atoms with Gasteiger partial charge in [0.2, 0.25) is 0 Å². The van der Waals surface area contributed by atoms with Crippen LogP contribution in [0.2, 0.25) is 0 Å². The second-order valence-electron chi connectivity index (χ2n) is 12.4. The number of nitrogens with one attached hydrogen (secondary N) is 1. The number of benzene rings is 4. The van der Waals surface area contributed by atoms with E-state index in [-0.39, 0.29) is 12.4 Å². The van der Waals surface area contributed by atoms with Crippen molar-refractivity contribution < 1.29 is 26.8 Å². The number of quaternary nitrogens is 1. The van der Waals surface area contributed by atoms with Gasteiger partial charge in [-0.3, -0.25) is 14.9 Å². The van der Waals surface area contributed by atoms with Crippen LogP contribution >= 0.6 is 31.9 Å². The van der Waals surface area contributed by atoms with Crippen LogP contribution in [0.3, 0.4) is 0 Å². The molecule has 6 aromatic rings. The molecule has 8 rings (SSSR count). The molecule has 2 aliphatic heterocycles. The Morgan fingerprint density at radius 2 is 1.25 bits per heavy atom. The van der Waals surface area contributed by atoms with E-state index >= 15 is 0 Å². The molecule has 0 aliphatic carbocycles. The molecule has 11 heteroatoms. The predicted molar refractivity (Wildman–Crippen MR) is 211 cm³/mol. The zero-order valence-electron chi connectivity index (χ0n) is 28.4. The van der Waals surface area contributed by atoms with E-state index in [1.54, 1.807) is 4.90 Å². The first-order chi connectivity index (χ1) is 24.4. The molecule has 0 radical (unpaired) electrons. The van der Waals surface area contributed by atoms with E-state index in [4.69, 9.17) is 20.9 Å². The van der Waals surface area contributed by atoms with Gasteiger partial charge in [0.15, 0.2) is 0 Å². The van der Waals surface area contributed by atoms with Crippen LogP contribution in [-0.4, -0.2) is 67.5 Å². The minimum atomic E-state index is 0. The molecule has 4 aromatic carbocycles. The Labute approximate surface area is 322 Å². The van der Waals surface area contributed by atoms with Crippen molar-refractivity contribution in [3.05, 3.63) is 130 Å². The van der Waals surface area contributed by atoms with Crippen molar-refractivity contribution in [1.29, 1.82) is 0 Å². The van der Waals surface area contributed by atoms with Crippen molar-refractivity contribution in [1.82, 2.24) is 14.9 Å². The zero-order valence-corrected chi connectivity index (χ0v) is 32.3. The Bertz CT molecular complexity index is 1950. The summed E-state index contributed by atoms with van der Waals surface area (Å²) in [5.74, 6) is 0. The number of rotatable bonds is 5. The highest BCUT2D eigenvalue weighted by Gasteiger charge is 2.15. The Morgan fingerprint density at radius 1 is 0.627 bits per heavy atom. The summed E-state index contributed by atoms with van der Waals surface area (Å²) in [4.78, 5) is 12.9. The van der Waals surface area contributed by atoms with Crippen LogP contribution in [0, 0.1) is 0 Å². The van der Waals surface area contributed by atoms with Gasteiger partial charge in [0.1, 0.15) is 19.6 Å². The number of morpholine rings is 2. The SMILES string of the molecule is Brc1ccc(CN2CCOCC2)nc1.Nc1ccc(Br)c2ccccc12.Nc1cccc2c(-c3ccc(C[NH+]4CCOCC4)nc3)cccc12.[Cl-]. The van der Waals surface area contributed by atoms with Gasteiger partial charge in [0, 0.05) is 68.7 Å². The Kier molecular flexibility index (Phi) is 14.6. The van der Waals surface area contributed by atoms with E-state index in [0.29, 0.717) is 0 Å². The number of nitrogens with zero attached hydrogens (tertiary/aromatic N) is 3. The molecule has 8 nitrogen and oxygen atoms in total. The quantitative estimate of drug-likeness (QED) is 0.228. The lowest BCUT2D eigenvalue weighted by atomic mass is 9.98. The third-order valence-electron chi connectivity index (χ3n) is 8.91. The number of anilines is 2. The standard InChI is InChI=1S/C20H21N3O.C10H13BrN2O.C10H8BrN.ClH/c21-20-6-2-4-18-17(3-1-5-19(18)20)15-7-8-16(22-13-15)14-23-9-11-24-12-10-23;11-9-1-2-10(12-7-9)8-13-3-5-14-6-4-13;11-9-5-6-10(12)8-4-2-1-3-7(8)9;/h1-8,13H,9-12,14,21H2;1-2,7H,3-6,8H2;1-6H,12H2;1H. The Morgan fingerprint density at radius 3 is 1.96 bits per heavy atom. The van der Waals surface area contributed by atoms with E-state index in [9.17, 15) is 0 Å². The number of nitrogen functional groups attached to an aromatic ring is 2. The van der Waals surface area contributed by atoms with Gasteiger partial charge >= 0.3 is 0 Å². The van der Waals surface area contributed by atoms with E-state index < -0.39 is 0 Å². The maximum absolute atomic E-state index is 6.10. The summed E-state index contributed by atoms with van der Waals surface area (Å²) in [5, 5.41) is 4.53.